The fourth-order valence-electron chi connectivity index (χ4n) is 1.90. The minimum Gasteiger partial charge on any atom is -0.326 e. The molecule has 2 aromatic rings. The number of anilines is 1. The summed E-state index contributed by atoms with van der Waals surface area (Å²) in [5.74, 6) is -0.852. The predicted octanol–water partition coefficient (Wildman–Crippen LogP) is 3.14. The highest BCUT2D eigenvalue weighted by atomic mass is 16.2. The van der Waals surface area contributed by atoms with Crippen molar-refractivity contribution in [2.75, 3.05) is 5.32 Å². The minimum atomic E-state index is -0.469. The second-order valence-electron chi connectivity index (χ2n) is 5.17. The maximum Gasteiger partial charge on any atom is 0.249 e. The normalized spacial score (nSPS) is 10.9. The molecule has 0 fully saturated rings. The second-order valence-corrected chi connectivity index (χ2v) is 5.17. The van der Waals surface area contributed by atoms with Gasteiger partial charge in [-0.25, -0.2) is 5.43 Å². The Bertz CT molecular complexity index is 735. The van der Waals surface area contributed by atoms with Crippen LogP contribution in [0.2, 0.25) is 0 Å². The average Bonchev–Trinajstić information content (AvgIpc) is 2.57. The molecule has 0 aliphatic rings. The van der Waals surface area contributed by atoms with Crippen molar-refractivity contribution in [3.63, 3.8) is 0 Å². The Kier molecular flexibility index (Phi) is 6.46. The number of nitrogens with one attached hydrogen (secondary N) is 2. The number of rotatable bonds is 6. The van der Waals surface area contributed by atoms with E-state index in [1.807, 2.05) is 55.5 Å². The number of hydrogen-bond acceptors (Lipinski definition) is 3. The molecule has 2 rings (SSSR count). The lowest BCUT2D eigenvalue weighted by Crippen LogP contribution is -2.24. The molecule has 122 valence electrons. The van der Waals surface area contributed by atoms with Crippen LogP contribution in [0.15, 0.2) is 65.8 Å². The van der Waals surface area contributed by atoms with Crippen LogP contribution in [-0.2, 0) is 9.59 Å². The summed E-state index contributed by atoms with van der Waals surface area (Å²) in [6, 6.07) is 17.1. The van der Waals surface area contributed by atoms with Crippen LogP contribution in [0.5, 0.6) is 0 Å². The third kappa shape index (κ3) is 6.27. The molecular formula is C19H19N3O2. The van der Waals surface area contributed by atoms with E-state index in [0.29, 0.717) is 5.69 Å². The number of hydrazone groups is 1. The lowest BCUT2D eigenvalue weighted by atomic mass is 10.2. The minimum absolute atomic E-state index is 0.284. The topological polar surface area (TPSA) is 70.6 Å². The van der Waals surface area contributed by atoms with Gasteiger partial charge in [0, 0.05) is 11.9 Å². The Morgan fingerprint density at radius 1 is 1.00 bits per heavy atom. The van der Waals surface area contributed by atoms with Crippen LogP contribution in [0.25, 0.3) is 6.08 Å². The van der Waals surface area contributed by atoms with E-state index in [9.17, 15) is 9.59 Å². The maximum atomic E-state index is 11.7. The Morgan fingerprint density at radius 2 is 1.71 bits per heavy atom. The summed E-state index contributed by atoms with van der Waals surface area (Å²) in [5, 5.41) is 6.42. The number of allylic oxidation sites excluding steroid dienone is 1. The molecule has 0 aliphatic carbocycles. The summed E-state index contributed by atoms with van der Waals surface area (Å²) in [6.07, 6.45) is 4.75. The molecule has 2 N–H and O–H groups in total. The second kappa shape index (κ2) is 9.05. The first-order valence-electron chi connectivity index (χ1n) is 7.53. The highest BCUT2D eigenvalue weighted by Crippen LogP contribution is 2.08. The molecule has 0 saturated carbocycles. The largest absolute Gasteiger partial charge is 0.326 e. The number of benzene rings is 2. The number of aryl methyl sites for hydroxylation is 1. The lowest BCUT2D eigenvalue weighted by molar-refractivity contribution is -0.126. The standard InChI is InChI=1S/C19H19N3O2/c1-15-9-11-17(12-10-15)21-18(23)14-19(24)22-20-13-5-8-16-6-3-2-4-7-16/h2-13H,14H2,1H3,(H,21,23)(H,22,24). The molecule has 0 atom stereocenters. The van der Waals surface area contributed by atoms with Crippen molar-refractivity contribution in [1.82, 2.24) is 5.43 Å². The van der Waals surface area contributed by atoms with Crippen LogP contribution < -0.4 is 10.7 Å². The quantitative estimate of drug-likeness (QED) is 0.487. The van der Waals surface area contributed by atoms with Crippen molar-refractivity contribution in [1.29, 1.82) is 0 Å². The summed E-state index contributed by atoms with van der Waals surface area (Å²) < 4.78 is 0. The van der Waals surface area contributed by atoms with Gasteiger partial charge in [-0.05, 0) is 30.7 Å². The highest BCUT2D eigenvalue weighted by molar-refractivity contribution is 6.03. The maximum absolute atomic E-state index is 11.7. The van der Waals surface area contributed by atoms with Gasteiger partial charge in [-0.15, -0.1) is 0 Å². The molecule has 0 saturated heterocycles. The number of amides is 2. The van der Waals surface area contributed by atoms with Crippen molar-refractivity contribution >= 4 is 29.8 Å². The highest BCUT2D eigenvalue weighted by Gasteiger charge is 2.08. The van der Waals surface area contributed by atoms with Crippen LogP contribution >= 0.6 is 0 Å². The fourth-order valence-corrected chi connectivity index (χ4v) is 1.90. The number of hydrogen-bond donors (Lipinski definition) is 2. The van der Waals surface area contributed by atoms with E-state index in [4.69, 9.17) is 0 Å². The van der Waals surface area contributed by atoms with E-state index in [-0.39, 0.29) is 12.3 Å². The number of carbonyl (C=O) groups excluding carboxylic acids is 2. The molecule has 5 heteroatoms. The molecule has 0 unspecified atom stereocenters. The summed E-state index contributed by atoms with van der Waals surface area (Å²) >= 11 is 0. The zero-order valence-electron chi connectivity index (χ0n) is 13.4. The van der Waals surface area contributed by atoms with Gasteiger partial charge in [-0.2, -0.15) is 5.10 Å². The van der Waals surface area contributed by atoms with Gasteiger partial charge in [0.25, 0.3) is 0 Å². The third-order valence-electron chi connectivity index (χ3n) is 3.09. The average molecular weight is 321 g/mol. The van der Waals surface area contributed by atoms with Gasteiger partial charge in [0.2, 0.25) is 11.8 Å². The van der Waals surface area contributed by atoms with Crippen LogP contribution in [0.1, 0.15) is 17.5 Å². The van der Waals surface area contributed by atoms with Gasteiger partial charge < -0.3 is 5.32 Å². The summed E-state index contributed by atoms with van der Waals surface area (Å²) in [7, 11) is 0. The molecule has 5 nitrogen and oxygen atoms in total. The Hall–Kier alpha value is -3.21. The van der Waals surface area contributed by atoms with E-state index in [2.05, 4.69) is 15.8 Å². The van der Waals surface area contributed by atoms with E-state index in [1.165, 1.54) is 6.21 Å². The van der Waals surface area contributed by atoms with Gasteiger partial charge in [-0.1, -0.05) is 54.1 Å². The monoisotopic (exact) mass is 321 g/mol. The van der Waals surface area contributed by atoms with E-state index in [1.54, 1.807) is 18.2 Å². The van der Waals surface area contributed by atoms with Crippen molar-refractivity contribution < 1.29 is 9.59 Å². The predicted molar refractivity (Wildman–Crippen MR) is 96.5 cm³/mol. The Labute approximate surface area is 141 Å². The molecule has 0 bridgehead atoms. The first-order chi connectivity index (χ1) is 11.6. The molecule has 2 aromatic carbocycles. The summed E-state index contributed by atoms with van der Waals surface area (Å²) in [4.78, 5) is 23.4. The summed E-state index contributed by atoms with van der Waals surface area (Å²) in [6.45, 7) is 1.96. The third-order valence-corrected chi connectivity index (χ3v) is 3.09. The Balaban J connectivity index is 1.72. The molecule has 0 aromatic heterocycles. The van der Waals surface area contributed by atoms with Gasteiger partial charge in [-0.3, -0.25) is 9.59 Å². The smallest absolute Gasteiger partial charge is 0.249 e. The van der Waals surface area contributed by atoms with Gasteiger partial charge in [0.1, 0.15) is 6.42 Å². The van der Waals surface area contributed by atoms with E-state index in [0.717, 1.165) is 11.1 Å². The van der Waals surface area contributed by atoms with Crippen molar-refractivity contribution in [2.24, 2.45) is 5.10 Å². The van der Waals surface area contributed by atoms with Gasteiger partial charge in [0.05, 0.1) is 0 Å². The van der Waals surface area contributed by atoms with Crippen molar-refractivity contribution in [3.8, 4) is 0 Å². The zero-order chi connectivity index (χ0) is 17.2. The van der Waals surface area contributed by atoms with Gasteiger partial charge >= 0.3 is 0 Å². The van der Waals surface area contributed by atoms with Crippen molar-refractivity contribution in [3.05, 3.63) is 71.8 Å². The summed E-state index contributed by atoms with van der Waals surface area (Å²) in [5.41, 5.74) is 5.11. The van der Waals surface area contributed by atoms with Crippen LogP contribution in [0.3, 0.4) is 0 Å². The van der Waals surface area contributed by atoms with E-state index >= 15 is 0 Å². The number of carbonyl (C=O) groups is 2. The Morgan fingerprint density at radius 3 is 2.42 bits per heavy atom. The first-order valence-corrected chi connectivity index (χ1v) is 7.53. The van der Waals surface area contributed by atoms with Crippen LogP contribution in [-0.4, -0.2) is 18.0 Å². The van der Waals surface area contributed by atoms with E-state index < -0.39 is 5.91 Å². The lowest BCUT2D eigenvalue weighted by Gasteiger charge is -2.04. The van der Waals surface area contributed by atoms with Crippen LogP contribution in [0.4, 0.5) is 5.69 Å². The fraction of sp³-hybridized carbons (Fsp3) is 0.105. The van der Waals surface area contributed by atoms with Crippen molar-refractivity contribution in [2.45, 2.75) is 13.3 Å². The van der Waals surface area contributed by atoms with Crippen LogP contribution in [0, 0.1) is 6.92 Å². The number of nitrogens with zero attached hydrogens (tertiary/aromatic N) is 1. The molecule has 0 aliphatic heterocycles. The SMILES string of the molecule is Cc1ccc(NC(=O)CC(=O)NN=CC=Cc2ccccc2)cc1. The molecule has 0 radical (unpaired) electrons. The molecule has 0 heterocycles. The first kappa shape index (κ1) is 17.1. The molecular weight excluding hydrogens is 302 g/mol. The molecule has 2 amide bonds. The molecule has 0 spiro atoms. The molecule has 24 heavy (non-hydrogen) atoms. The van der Waals surface area contributed by atoms with Gasteiger partial charge in [0.15, 0.2) is 0 Å². The zero-order valence-corrected chi connectivity index (χ0v) is 13.4.